The Balaban J connectivity index is 2.02. The second-order valence-corrected chi connectivity index (χ2v) is 3.39. The second-order valence-electron chi connectivity index (χ2n) is 3.39. The van der Waals surface area contributed by atoms with E-state index in [0.717, 1.165) is 29.9 Å². The predicted molar refractivity (Wildman–Crippen MR) is 64.0 cm³/mol. The zero-order valence-electron chi connectivity index (χ0n) is 8.83. The van der Waals surface area contributed by atoms with Gasteiger partial charge in [-0.05, 0) is 25.5 Å². The molecule has 0 radical (unpaired) electrons. The summed E-state index contributed by atoms with van der Waals surface area (Å²) in [5.74, 6) is 0.848. The Morgan fingerprint density at radius 3 is 3.07 bits per heavy atom. The number of benzene rings is 1. The van der Waals surface area contributed by atoms with Crippen LogP contribution in [0.3, 0.4) is 0 Å². The fraction of sp³-hybridized carbons (Fsp3) is 0.250. The van der Waals surface area contributed by atoms with E-state index in [2.05, 4.69) is 27.4 Å². The number of aromatic amines is 1. The van der Waals surface area contributed by atoms with Crippen LogP contribution < -0.4 is 5.32 Å². The van der Waals surface area contributed by atoms with E-state index < -0.39 is 0 Å². The van der Waals surface area contributed by atoms with E-state index in [1.54, 1.807) is 0 Å². The molecule has 3 heteroatoms. The SMILES string of the molecule is C/C=C/CCNc1nc2ccccc2[nH]1. The van der Waals surface area contributed by atoms with Gasteiger partial charge in [-0.3, -0.25) is 0 Å². The normalized spacial score (nSPS) is 11.3. The maximum Gasteiger partial charge on any atom is 0.201 e. The average Bonchev–Trinajstić information content (AvgIpc) is 2.67. The fourth-order valence-electron chi connectivity index (χ4n) is 1.48. The molecular formula is C12H15N3. The first kappa shape index (κ1) is 9.77. The number of aromatic nitrogens is 2. The smallest absolute Gasteiger partial charge is 0.201 e. The van der Waals surface area contributed by atoms with Gasteiger partial charge in [-0.15, -0.1) is 0 Å². The van der Waals surface area contributed by atoms with Crippen LogP contribution >= 0.6 is 0 Å². The first-order valence-corrected chi connectivity index (χ1v) is 5.20. The minimum atomic E-state index is 0.848. The molecule has 0 saturated carbocycles. The molecule has 0 unspecified atom stereocenters. The molecule has 2 rings (SSSR count). The van der Waals surface area contributed by atoms with Gasteiger partial charge in [0.2, 0.25) is 5.95 Å². The minimum Gasteiger partial charge on any atom is -0.355 e. The molecule has 0 aliphatic rings. The Labute approximate surface area is 89.2 Å². The van der Waals surface area contributed by atoms with E-state index in [1.165, 1.54) is 0 Å². The number of anilines is 1. The number of H-pyrrole nitrogens is 1. The van der Waals surface area contributed by atoms with Crippen molar-refractivity contribution in [2.75, 3.05) is 11.9 Å². The summed E-state index contributed by atoms with van der Waals surface area (Å²) in [5.41, 5.74) is 2.08. The lowest BCUT2D eigenvalue weighted by atomic mass is 10.3. The van der Waals surface area contributed by atoms with Crippen LogP contribution in [-0.2, 0) is 0 Å². The summed E-state index contributed by atoms with van der Waals surface area (Å²) in [6, 6.07) is 8.03. The number of imidazole rings is 1. The van der Waals surface area contributed by atoms with Gasteiger partial charge in [0, 0.05) is 6.54 Å². The Morgan fingerprint density at radius 1 is 1.40 bits per heavy atom. The standard InChI is InChI=1S/C12H15N3/c1-2-3-6-9-13-12-14-10-7-4-5-8-11(10)15-12/h2-5,7-8H,6,9H2,1H3,(H2,13,14,15)/b3-2+. The molecule has 2 N–H and O–H groups in total. The van der Waals surface area contributed by atoms with Crippen LogP contribution in [0.1, 0.15) is 13.3 Å². The van der Waals surface area contributed by atoms with Crippen molar-refractivity contribution >= 4 is 17.0 Å². The van der Waals surface area contributed by atoms with Gasteiger partial charge >= 0.3 is 0 Å². The van der Waals surface area contributed by atoms with E-state index in [1.807, 2.05) is 31.2 Å². The van der Waals surface area contributed by atoms with Crippen molar-refractivity contribution in [2.45, 2.75) is 13.3 Å². The van der Waals surface area contributed by atoms with E-state index in [0.29, 0.717) is 0 Å². The lowest BCUT2D eigenvalue weighted by molar-refractivity contribution is 1.04. The lowest BCUT2D eigenvalue weighted by Crippen LogP contribution is -2.01. The number of hydrogen-bond donors (Lipinski definition) is 2. The summed E-state index contributed by atoms with van der Waals surface area (Å²) in [4.78, 5) is 7.65. The highest BCUT2D eigenvalue weighted by molar-refractivity contribution is 5.77. The third kappa shape index (κ3) is 2.37. The van der Waals surface area contributed by atoms with Crippen molar-refractivity contribution in [1.82, 2.24) is 9.97 Å². The van der Waals surface area contributed by atoms with Crippen LogP contribution in [-0.4, -0.2) is 16.5 Å². The summed E-state index contributed by atoms with van der Waals surface area (Å²) in [6.45, 7) is 2.94. The van der Waals surface area contributed by atoms with Crippen molar-refractivity contribution < 1.29 is 0 Å². The Bertz CT molecular complexity index is 424. The molecule has 1 heterocycles. The molecule has 15 heavy (non-hydrogen) atoms. The maximum absolute atomic E-state index is 4.42. The van der Waals surface area contributed by atoms with Gasteiger partial charge in [-0.25, -0.2) is 4.98 Å². The fourth-order valence-corrected chi connectivity index (χ4v) is 1.48. The molecule has 0 atom stereocenters. The van der Waals surface area contributed by atoms with Gasteiger partial charge in [0.05, 0.1) is 11.0 Å². The highest BCUT2D eigenvalue weighted by Gasteiger charge is 1.99. The van der Waals surface area contributed by atoms with Crippen molar-refractivity contribution in [3.05, 3.63) is 36.4 Å². The first-order valence-electron chi connectivity index (χ1n) is 5.20. The van der Waals surface area contributed by atoms with Crippen LogP contribution in [0.2, 0.25) is 0 Å². The molecule has 0 aliphatic carbocycles. The summed E-state index contributed by atoms with van der Waals surface area (Å²) in [5, 5.41) is 3.25. The van der Waals surface area contributed by atoms with E-state index in [-0.39, 0.29) is 0 Å². The quantitative estimate of drug-likeness (QED) is 0.589. The number of allylic oxidation sites excluding steroid dienone is 1. The number of hydrogen-bond acceptors (Lipinski definition) is 2. The molecule has 0 aliphatic heterocycles. The van der Waals surface area contributed by atoms with Gasteiger partial charge in [0.15, 0.2) is 0 Å². The molecule has 0 spiro atoms. The number of rotatable bonds is 4. The van der Waals surface area contributed by atoms with Crippen LogP contribution in [0.5, 0.6) is 0 Å². The van der Waals surface area contributed by atoms with E-state index >= 15 is 0 Å². The average molecular weight is 201 g/mol. The summed E-state index contributed by atoms with van der Waals surface area (Å²) >= 11 is 0. The molecular weight excluding hydrogens is 186 g/mol. The van der Waals surface area contributed by atoms with Crippen molar-refractivity contribution in [2.24, 2.45) is 0 Å². The molecule has 3 nitrogen and oxygen atoms in total. The van der Waals surface area contributed by atoms with E-state index in [4.69, 9.17) is 0 Å². The van der Waals surface area contributed by atoms with Crippen LogP contribution in [0.25, 0.3) is 11.0 Å². The van der Waals surface area contributed by atoms with Gasteiger partial charge in [0.1, 0.15) is 0 Å². The van der Waals surface area contributed by atoms with Gasteiger partial charge in [-0.2, -0.15) is 0 Å². The third-order valence-corrected chi connectivity index (χ3v) is 2.23. The summed E-state index contributed by atoms with van der Waals surface area (Å²) in [6.07, 6.45) is 5.21. The van der Waals surface area contributed by atoms with Gasteiger partial charge in [-0.1, -0.05) is 24.3 Å². The largest absolute Gasteiger partial charge is 0.355 e. The topological polar surface area (TPSA) is 40.7 Å². The van der Waals surface area contributed by atoms with Crippen LogP contribution in [0, 0.1) is 0 Å². The zero-order valence-corrected chi connectivity index (χ0v) is 8.83. The number of nitrogens with one attached hydrogen (secondary N) is 2. The maximum atomic E-state index is 4.42. The molecule has 0 bridgehead atoms. The zero-order chi connectivity index (χ0) is 10.5. The number of fused-ring (bicyclic) bond motifs is 1. The number of para-hydroxylation sites is 2. The monoisotopic (exact) mass is 201 g/mol. The highest BCUT2D eigenvalue weighted by atomic mass is 15.1. The highest BCUT2D eigenvalue weighted by Crippen LogP contribution is 2.12. The van der Waals surface area contributed by atoms with Crippen LogP contribution in [0.15, 0.2) is 36.4 Å². The Hall–Kier alpha value is -1.77. The number of nitrogens with zero attached hydrogens (tertiary/aromatic N) is 1. The molecule has 0 fully saturated rings. The Kier molecular flexibility index (Phi) is 3.02. The van der Waals surface area contributed by atoms with Crippen LogP contribution in [0.4, 0.5) is 5.95 Å². The second kappa shape index (κ2) is 4.64. The molecule has 78 valence electrons. The summed E-state index contributed by atoms with van der Waals surface area (Å²) < 4.78 is 0. The van der Waals surface area contributed by atoms with Crippen molar-refractivity contribution in [1.29, 1.82) is 0 Å². The Morgan fingerprint density at radius 2 is 2.27 bits per heavy atom. The lowest BCUT2D eigenvalue weighted by Gasteiger charge is -1.97. The molecule has 0 amide bonds. The van der Waals surface area contributed by atoms with Gasteiger partial charge in [0.25, 0.3) is 0 Å². The van der Waals surface area contributed by atoms with Gasteiger partial charge < -0.3 is 10.3 Å². The van der Waals surface area contributed by atoms with Crippen molar-refractivity contribution in [3.63, 3.8) is 0 Å². The third-order valence-electron chi connectivity index (χ3n) is 2.23. The molecule has 1 aromatic carbocycles. The van der Waals surface area contributed by atoms with Crippen molar-refractivity contribution in [3.8, 4) is 0 Å². The summed E-state index contributed by atoms with van der Waals surface area (Å²) in [7, 11) is 0. The minimum absolute atomic E-state index is 0.848. The molecule has 1 aromatic heterocycles. The first-order chi connectivity index (χ1) is 7.40. The predicted octanol–water partition coefficient (Wildman–Crippen LogP) is 2.94. The van der Waals surface area contributed by atoms with E-state index in [9.17, 15) is 0 Å². The molecule has 0 saturated heterocycles. The molecule has 2 aromatic rings.